The van der Waals surface area contributed by atoms with Crippen molar-refractivity contribution >= 4 is 52.3 Å². The van der Waals surface area contributed by atoms with E-state index in [0.717, 1.165) is 57.8 Å². The van der Waals surface area contributed by atoms with E-state index in [1.807, 2.05) is 20.8 Å². The smallest absolute Gasteiger partial charge is 0.306 e. The molecule has 3 aliphatic rings. The molecule has 0 saturated carbocycles. The number of aliphatic hydroxyl groups excluding tert-OH is 1. The number of aromatic nitrogens is 1. The minimum absolute atomic E-state index is 0.0454. The summed E-state index contributed by atoms with van der Waals surface area (Å²) < 4.78 is 23.2. The maximum Gasteiger partial charge on any atom is 0.306 e. The number of ether oxygens (including phenoxy) is 4. The summed E-state index contributed by atoms with van der Waals surface area (Å²) in [4.78, 5) is 82.1. The Balaban J connectivity index is 1.57. The summed E-state index contributed by atoms with van der Waals surface area (Å²) in [6.45, 7) is 12.3. The lowest BCUT2D eigenvalue weighted by molar-refractivity contribution is -0.374. The second-order valence-corrected chi connectivity index (χ2v) is 17.5. The summed E-state index contributed by atoms with van der Waals surface area (Å²) in [6.07, 6.45) is -1.47. The molecule has 0 bridgehead atoms. The number of hydrogen-bond acceptors (Lipinski definition) is 16. The number of hydrogen-bond donors (Lipinski definition) is 4. The van der Waals surface area contributed by atoms with Crippen LogP contribution in [0.1, 0.15) is 118 Å². The zero-order valence-corrected chi connectivity index (χ0v) is 34.5. The Morgan fingerprint density at radius 1 is 0.946 bits per heavy atom. The second-order valence-electron chi connectivity index (χ2n) is 16.6. The normalized spacial score (nSPS) is 36.5. The van der Waals surface area contributed by atoms with Crippen molar-refractivity contribution in [2.45, 2.75) is 167 Å². The van der Waals surface area contributed by atoms with Gasteiger partial charge in [-0.15, -0.1) is 11.3 Å². The number of Topliss-reactive ketones (excluding diaryl/α,β-unsaturated/α-hetero) is 5. The van der Waals surface area contributed by atoms with E-state index in [-0.39, 0.29) is 35.3 Å². The molecule has 3 saturated heterocycles. The number of rotatable bonds is 10. The zero-order valence-electron chi connectivity index (χ0n) is 33.7. The van der Waals surface area contributed by atoms with Gasteiger partial charge in [-0.2, -0.15) is 0 Å². The SMILES string of the molecule is CC(=O)C(O)[C@H]1O[C@H](OCc2nc(C=C(C)C3CC4OC4CCCC(C)CC(C)C(=O)C(C)(C)CCC(=O)O3)cs2)[C@@](O)(C(C)=O)[C@](O)(C(C)=O)[C@@]1(O)C(C)=O. The summed E-state index contributed by atoms with van der Waals surface area (Å²) in [5.41, 5.74) is -10.1. The van der Waals surface area contributed by atoms with Crippen LogP contribution in [0.5, 0.6) is 0 Å². The van der Waals surface area contributed by atoms with Crippen LogP contribution in [0.4, 0.5) is 0 Å². The topological polar surface area (TPSA) is 236 Å². The van der Waals surface area contributed by atoms with Crippen molar-refractivity contribution in [3.63, 3.8) is 0 Å². The van der Waals surface area contributed by atoms with Crippen LogP contribution in [0.2, 0.25) is 0 Å². The molecule has 3 aliphatic heterocycles. The van der Waals surface area contributed by atoms with Gasteiger partial charge in [-0.05, 0) is 71.4 Å². The molecule has 0 aliphatic carbocycles. The Bertz CT molecular complexity index is 1720. The summed E-state index contributed by atoms with van der Waals surface area (Å²) in [6, 6.07) is 0. The molecule has 0 radical (unpaired) electrons. The summed E-state index contributed by atoms with van der Waals surface area (Å²) in [7, 11) is 0. The molecular formula is C40H57NO14S. The van der Waals surface area contributed by atoms with Gasteiger partial charge in [0.05, 0.1) is 17.9 Å². The van der Waals surface area contributed by atoms with E-state index in [1.165, 1.54) is 0 Å². The van der Waals surface area contributed by atoms with E-state index in [4.69, 9.17) is 18.9 Å². The lowest BCUT2D eigenvalue weighted by Gasteiger charge is -2.57. The highest BCUT2D eigenvalue weighted by Crippen LogP contribution is 2.48. The molecular weight excluding hydrogens is 751 g/mol. The number of esters is 1. The molecule has 0 amide bonds. The number of cyclic esters (lactones) is 1. The predicted molar refractivity (Wildman–Crippen MR) is 201 cm³/mol. The second kappa shape index (κ2) is 17.4. The number of fused-ring (bicyclic) bond motifs is 1. The molecule has 4 rings (SSSR count). The molecule has 3 fully saturated rings. The molecule has 6 unspecified atom stereocenters. The number of epoxide rings is 1. The highest BCUT2D eigenvalue weighted by molar-refractivity contribution is 7.09. The van der Waals surface area contributed by atoms with Crippen LogP contribution in [0.15, 0.2) is 11.0 Å². The maximum absolute atomic E-state index is 13.3. The minimum Gasteiger partial charge on any atom is -0.458 e. The molecule has 16 heteroatoms. The van der Waals surface area contributed by atoms with Crippen molar-refractivity contribution < 1.29 is 68.1 Å². The number of thiazole rings is 1. The molecule has 312 valence electrons. The third-order valence-corrected chi connectivity index (χ3v) is 12.5. The number of carbonyl (C=O) groups excluding carboxylic acids is 6. The van der Waals surface area contributed by atoms with Crippen LogP contribution >= 0.6 is 11.3 Å². The van der Waals surface area contributed by atoms with Gasteiger partial charge in [0, 0.05) is 29.6 Å². The minimum atomic E-state index is -3.62. The molecule has 1 aromatic heterocycles. The molecule has 0 spiro atoms. The van der Waals surface area contributed by atoms with Gasteiger partial charge >= 0.3 is 5.97 Å². The molecule has 4 heterocycles. The van der Waals surface area contributed by atoms with Crippen LogP contribution in [0.25, 0.3) is 6.08 Å². The summed E-state index contributed by atoms with van der Waals surface area (Å²) in [5, 5.41) is 47.5. The molecule has 1 aromatic rings. The standard InChI is InChI=1S/C40H57NO14S/c1-20-11-10-12-28-30(53-28)17-29(54-32(46)13-14-37(8,9)34(48)22(3)15-20)21(2)16-27-19-56-31(41-27)18-52-36-39(50,25(6)44)40(51,26(7)45)38(49,24(5)43)35(55-36)33(47)23(4)42/h16,19-20,22,28-30,33,35-36,47,49-51H,10-15,17-18H2,1-9H3/t20?,22?,28?,29?,30?,33?,35-,36+,38-,39+,40+/m1/s1. The third-order valence-electron chi connectivity index (χ3n) is 11.6. The largest absolute Gasteiger partial charge is 0.458 e. The molecule has 11 atom stereocenters. The maximum atomic E-state index is 13.3. The average Bonchev–Trinajstić information content (AvgIpc) is 3.70. The number of nitrogens with zero attached hydrogens (tertiary/aromatic N) is 1. The first kappa shape index (κ1) is 45.6. The zero-order chi connectivity index (χ0) is 42.1. The van der Waals surface area contributed by atoms with E-state index in [9.17, 15) is 49.2 Å². The fourth-order valence-electron chi connectivity index (χ4n) is 8.11. The van der Waals surface area contributed by atoms with Crippen LogP contribution in [0, 0.1) is 17.3 Å². The Labute approximate surface area is 331 Å². The lowest BCUT2D eigenvalue weighted by atomic mass is 9.60. The predicted octanol–water partition coefficient (Wildman–Crippen LogP) is 2.99. The summed E-state index contributed by atoms with van der Waals surface area (Å²) in [5.74, 6) is -5.20. The Kier molecular flexibility index (Phi) is 14.2. The van der Waals surface area contributed by atoms with Gasteiger partial charge in [0.15, 0.2) is 35.0 Å². The molecule has 56 heavy (non-hydrogen) atoms. The first-order chi connectivity index (χ1) is 25.9. The van der Waals surface area contributed by atoms with Gasteiger partial charge in [-0.1, -0.05) is 40.5 Å². The molecule has 15 nitrogen and oxygen atoms in total. The van der Waals surface area contributed by atoms with Crippen LogP contribution in [-0.2, 0) is 54.3 Å². The van der Waals surface area contributed by atoms with E-state index < -0.39 is 82.5 Å². The lowest BCUT2D eigenvalue weighted by Crippen LogP contribution is -2.87. The van der Waals surface area contributed by atoms with Crippen molar-refractivity contribution in [2.75, 3.05) is 0 Å². The Morgan fingerprint density at radius 2 is 1.59 bits per heavy atom. The monoisotopic (exact) mass is 807 g/mol. The first-order valence-corrected chi connectivity index (χ1v) is 20.0. The quantitative estimate of drug-likeness (QED) is 0.196. The van der Waals surface area contributed by atoms with Crippen molar-refractivity contribution in [1.82, 2.24) is 4.98 Å². The molecule has 4 N–H and O–H groups in total. The van der Waals surface area contributed by atoms with Crippen molar-refractivity contribution in [1.29, 1.82) is 0 Å². The first-order valence-electron chi connectivity index (χ1n) is 19.1. The van der Waals surface area contributed by atoms with E-state index >= 15 is 0 Å². The van der Waals surface area contributed by atoms with Crippen LogP contribution in [-0.4, -0.2) is 114 Å². The Hall–Kier alpha value is -3.09. The van der Waals surface area contributed by atoms with Crippen LogP contribution in [0.3, 0.4) is 0 Å². The average molecular weight is 808 g/mol. The van der Waals surface area contributed by atoms with E-state index in [1.54, 1.807) is 18.4 Å². The number of aliphatic hydroxyl groups is 4. The third kappa shape index (κ3) is 8.97. The fourth-order valence-corrected chi connectivity index (χ4v) is 8.78. The van der Waals surface area contributed by atoms with Gasteiger partial charge in [0.1, 0.15) is 35.7 Å². The van der Waals surface area contributed by atoms with Gasteiger partial charge in [-0.25, -0.2) is 4.98 Å². The van der Waals surface area contributed by atoms with Crippen molar-refractivity contribution in [3.05, 3.63) is 21.7 Å². The van der Waals surface area contributed by atoms with Crippen molar-refractivity contribution in [2.24, 2.45) is 17.3 Å². The van der Waals surface area contributed by atoms with Gasteiger partial charge in [-0.3, -0.25) is 28.8 Å². The van der Waals surface area contributed by atoms with Crippen LogP contribution < -0.4 is 0 Å². The van der Waals surface area contributed by atoms with Gasteiger partial charge in [0.25, 0.3) is 0 Å². The van der Waals surface area contributed by atoms with E-state index in [0.29, 0.717) is 37.0 Å². The fraction of sp³-hybridized carbons (Fsp3) is 0.725. The van der Waals surface area contributed by atoms with Crippen molar-refractivity contribution in [3.8, 4) is 0 Å². The number of carbonyl (C=O) groups is 6. The van der Waals surface area contributed by atoms with Gasteiger partial charge < -0.3 is 39.4 Å². The Morgan fingerprint density at radius 3 is 2.18 bits per heavy atom. The highest BCUT2D eigenvalue weighted by Gasteiger charge is 2.79. The summed E-state index contributed by atoms with van der Waals surface area (Å²) >= 11 is 1.09. The van der Waals surface area contributed by atoms with Gasteiger partial charge in [0.2, 0.25) is 11.2 Å². The highest BCUT2D eigenvalue weighted by atomic mass is 32.1. The molecule has 0 aromatic carbocycles. The van der Waals surface area contributed by atoms with E-state index in [2.05, 4.69) is 11.9 Å². The number of ketones is 5.